The number of hydrogen-bond acceptors (Lipinski definition) is 3. The predicted octanol–water partition coefficient (Wildman–Crippen LogP) is 1.57. The molecule has 0 spiro atoms. The van der Waals surface area contributed by atoms with Crippen molar-refractivity contribution < 1.29 is 0 Å². The molecule has 82 valence electrons. The molecule has 0 aromatic carbocycles. The summed E-state index contributed by atoms with van der Waals surface area (Å²) in [5.41, 5.74) is 2.47. The number of pyridine rings is 1. The zero-order valence-corrected chi connectivity index (χ0v) is 9.53. The summed E-state index contributed by atoms with van der Waals surface area (Å²) in [5, 5.41) is 3.46. The molecular formula is C12H19N3. The van der Waals surface area contributed by atoms with Crippen molar-refractivity contribution in [1.82, 2.24) is 15.2 Å². The Morgan fingerprint density at radius 3 is 2.87 bits per heavy atom. The van der Waals surface area contributed by atoms with E-state index in [-0.39, 0.29) is 0 Å². The Bertz CT molecular complexity index is 299. The maximum atomic E-state index is 4.52. The van der Waals surface area contributed by atoms with Gasteiger partial charge in [-0.2, -0.15) is 0 Å². The highest BCUT2D eigenvalue weighted by Gasteiger charge is 2.16. The van der Waals surface area contributed by atoms with E-state index in [0.717, 1.165) is 13.1 Å². The van der Waals surface area contributed by atoms with Crippen LogP contribution < -0.4 is 5.32 Å². The lowest BCUT2D eigenvalue weighted by Gasteiger charge is -2.12. The Balaban J connectivity index is 2.03. The van der Waals surface area contributed by atoms with E-state index in [9.17, 15) is 0 Å². The molecule has 3 heteroatoms. The van der Waals surface area contributed by atoms with E-state index in [2.05, 4.69) is 41.4 Å². The van der Waals surface area contributed by atoms with Gasteiger partial charge in [-0.25, -0.2) is 0 Å². The predicted molar refractivity (Wildman–Crippen MR) is 61.6 cm³/mol. The Hall–Kier alpha value is -0.930. The number of rotatable bonds is 3. The van der Waals surface area contributed by atoms with Crippen LogP contribution in [0.5, 0.6) is 0 Å². The second kappa shape index (κ2) is 4.73. The molecule has 0 aliphatic carbocycles. The standard InChI is InChI=1S/C12H19N3/c1-15(2)9-10-5-6-12(14-8-10)11-4-3-7-13-11/h5-6,8,11,13H,3-4,7,9H2,1-2H3. The molecule has 0 bridgehead atoms. The van der Waals surface area contributed by atoms with Crippen molar-refractivity contribution in [2.24, 2.45) is 0 Å². The highest BCUT2D eigenvalue weighted by atomic mass is 15.0. The average Bonchev–Trinajstić information content (AvgIpc) is 2.71. The Kier molecular flexibility index (Phi) is 3.34. The number of nitrogens with zero attached hydrogens (tertiary/aromatic N) is 2. The normalized spacial score (nSPS) is 21.1. The molecule has 1 aromatic heterocycles. The summed E-state index contributed by atoms with van der Waals surface area (Å²) >= 11 is 0. The SMILES string of the molecule is CN(C)Cc1ccc(C2CCCN2)nc1. The third kappa shape index (κ3) is 2.76. The van der Waals surface area contributed by atoms with Gasteiger partial charge in [-0.1, -0.05) is 6.07 Å². The first-order valence-electron chi connectivity index (χ1n) is 5.58. The summed E-state index contributed by atoms with van der Waals surface area (Å²) in [6.45, 7) is 2.09. The molecule has 1 saturated heterocycles. The topological polar surface area (TPSA) is 28.2 Å². The summed E-state index contributed by atoms with van der Waals surface area (Å²) < 4.78 is 0. The molecule has 1 aliphatic heterocycles. The lowest BCUT2D eigenvalue weighted by atomic mass is 10.1. The highest BCUT2D eigenvalue weighted by molar-refractivity contribution is 5.17. The Morgan fingerprint density at radius 2 is 2.33 bits per heavy atom. The van der Waals surface area contributed by atoms with Crippen LogP contribution in [0.25, 0.3) is 0 Å². The van der Waals surface area contributed by atoms with Gasteiger partial charge in [0, 0.05) is 18.8 Å². The molecule has 15 heavy (non-hydrogen) atoms. The average molecular weight is 205 g/mol. The smallest absolute Gasteiger partial charge is 0.0573 e. The summed E-state index contributed by atoms with van der Waals surface area (Å²) in [4.78, 5) is 6.68. The first kappa shape index (κ1) is 10.6. The summed E-state index contributed by atoms with van der Waals surface area (Å²) in [6.07, 6.45) is 4.49. The van der Waals surface area contributed by atoms with E-state index in [1.165, 1.54) is 24.1 Å². The van der Waals surface area contributed by atoms with Crippen LogP contribution >= 0.6 is 0 Å². The fourth-order valence-electron chi connectivity index (χ4n) is 2.04. The van der Waals surface area contributed by atoms with Crippen molar-refractivity contribution in [3.8, 4) is 0 Å². The minimum absolute atomic E-state index is 0.485. The van der Waals surface area contributed by atoms with Crippen molar-refractivity contribution in [3.63, 3.8) is 0 Å². The molecule has 1 N–H and O–H groups in total. The van der Waals surface area contributed by atoms with Gasteiger partial charge >= 0.3 is 0 Å². The van der Waals surface area contributed by atoms with E-state index < -0.39 is 0 Å². The highest BCUT2D eigenvalue weighted by Crippen LogP contribution is 2.21. The fraction of sp³-hybridized carbons (Fsp3) is 0.583. The molecular weight excluding hydrogens is 186 g/mol. The molecule has 0 radical (unpaired) electrons. The van der Waals surface area contributed by atoms with Crippen LogP contribution in [0.1, 0.15) is 30.1 Å². The van der Waals surface area contributed by atoms with E-state index in [1.54, 1.807) is 0 Å². The zero-order valence-electron chi connectivity index (χ0n) is 9.53. The molecule has 1 atom stereocenters. The number of aromatic nitrogens is 1. The third-order valence-electron chi connectivity index (χ3n) is 2.76. The molecule has 1 aliphatic rings. The zero-order chi connectivity index (χ0) is 10.7. The summed E-state index contributed by atoms with van der Waals surface area (Å²) in [5.74, 6) is 0. The van der Waals surface area contributed by atoms with Crippen molar-refractivity contribution in [1.29, 1.82) is 0 Å². The largest absolute Gasteiger partial charge is 0.309 e. The summed E-state index contributed by atoms with van der Waals surface area (Å²) in [6, 6.07) is 4.82. The van der Waals surface area contributed by atoms with Crippen LogP contribution in [0.2, 0.25) is 0 Å². The Labute approximate surface area is 91.5 Å². The minimum atomic E-state index is 0.485. The minimum Gasteiger partial charge on any atom is -0.309 e. The lowest BCUT2D eigenvalue weighted by Crippen LogP contribution is -2.15. The maximum Gasteiger partial charge on any atom is 0.0573 e. The summed E-state index contributed by atoms with van der Waals surface area (Å²) in [7, 11) is 4.15. The van der Waals surface area contributed by atoms with Crippen LogP contribution in [0.4, 0.5) is 0 Å². The van der Waals surface area contributed by atoms with Crippen molar-refractivity contribution >= 4 is 0 Å². The molecule has 2 heterocycles. The van der Waals surface area contributed by atoms with E-state index in [4.69, 9.17) is 0 Å². The van der Waals surface area contributed by atoms with Crippen LogP contribution in [0.15, 0.2) is 18.3 Å². The van der Waals surface area contributed by atoms with Gasteiger partial charge < -0.3 is 10.2 Å². The van der Waals surface area contributed by atoms with Crippen molar-refractivity contribution in [3.05, 3.63) is 29.6 Å². The van der Waals surface area contributed by atoms with Gasteiger partial charge in [-0.3, -0.25) is 4.98 Å². The lowest BCUT2D eigenvalue weighted by molar-refractivity contribution is 0.401. The first-order chi connectivity index (χ1) is 7.25. The molecule has 2 rings (SSSR count). The van der Waals surface area contributed by atoms with E-state index in [1.807, 2.05) is 6.20 Å². The van der Waals surface area contributed by atoms with Crippen molar-refractivity contribution in [2.75, 3.05) is 20.6 Å². The second-order valence-electron chi connectivity index (χ2n) is 4.48. The van der Waals surface area contributed by atoms with Crippen LogP contribution in [-0.2, 0) is 6.54 Å². The second-order valence-corrected chi connectivity index (χ2v) is 4.48. The number of nitrogens with one attached hydrogen (secondary N) is 1. The molecule has 1 aromatic rings. The van der Waals surface area contributed by atoms with E-state index >= 15 is 0 Å². The molecule has 0 saturated carbocycles. The van der Waals surface area contributed by atoms with Gasteiger partial charge in [0.1, 0.15) is 0 Å². The maximum absolute atomic E-state index is 4.52. The van der Waals surface area contributed by atoms with Gasteiger partial charge in [0.25, 0.3) is 0 Å². The van der Waals surface area contributed by atoms with Crippen LogP contribution in [0, 0.1) is 0 Å². The number of hydrogen-bond donors (Lipinski definition) is 1. The van der Waals surface area contributed by atoms with Crippen LogP contribution in [-0.4, -0.2) is 30.5 Å². The van der Waals surface area contributed by atoms with Crippen LogP contribution in [0.3, 0.4) is 0 Å². The molecule has 3 nitrogen and oxygen atoms in total. The van der Waals surface area contributed by atoms with Gasteiger partial charge in [0.2, 0.25) is 0 Å². The third-order valence-corrected chi connectivity index (χ3v) is 2.76. The fourth-order valence-corrected chi connectivity index (χ4v) is 2.04. The first-order valence-corrected chi connectivity index (χ1v) is 5.58. The quantitative estimate of drug-likeness (QED) is 0.812. The van der Waals surface area contributed by atoms with Crippen molar-refractivity contribution in [2.45, 2.75) is 25.4 Å². The Morgan fingerprint density at radius 1 is 1.47 bits per heavy atom. The molecule has 0 amide bonds. The molecule has 1 unspecified atom stereocenters. The monoisotopic (exact) mass is 205 g/mol. The van der Waals surface area contributed by atoms with Gasteiger partial charge in [-0.15, -0.1) is 0 Å². The van der Waals surface area contributed by atoms with Gasteiger partial charge in [0.15, 0.2) is 0 Å². The van der Waals surface area contributed by atoms with Gasteiger partial charge in [-0.05, 0) is 45.1 Å². The van der Waals surface area contributed by atoms with Gasteiger partial charge in [0.05, 0.1) is 5.69 Å². The van der Waals surface area contributed by atoms with E-state index in [0.29, 0.717) is 6.04 Å². The molecule has 1 fully saturated rings.